The zero-order chi connectivity index (χ0) is 8.39. The van der Waals surface area contributed by atoms with Gasteiger partial charge in [-0.1, -0.05) is 15.9 Å². The van der Waals surface area contributed by atoms with Crippen molar-refractivity contribution >= 4 is 21.6 Å². The van der Waals surface area contributed by atoms with Crippen LogP contribution in [0, 0.1) is 0 Å². The number of benzene rings is 1. The van der Waals surface area contributed by atoms with Gasteiger partial charge in [-0.15, -0.1) is 5.11 Å². The Balaban J connectivity index is 2.41. The van der Waals surface area contributed by atoms with E-state index in [2.05, 4.69) is 26.3 Å². The molecule has 0 saturated carbocycles. The average Bonchev–Trinajstić information content (AvgIpc) is 2.39. The molecule has 2 aliphatic rings. The third-order valence-electron chi connectivity index (χ3n) is 1.70. The van der Waals surface area contributed by atoms with Crippen molar-refractivity contribution in [1.82, 2.24) is 0 Å². The molecule has 0 atom stereocenters. The SMILES string of the molecule is BrCCc1cc2ccc1ON=N2. The average molecular weight is 227 g/mol. The van der Waals surface area contributed by atoms with Gasteiger partial charge in [-0.2, -0.15) is 0 Å². The fraction of sp³-hybridized carbons (Fsp3) is 0.250. The number of hydrogen-bond acceptors (Lipinski definition) is 3. The molecule has 4 heteroatoms. The van der Waals surface area contributed by atoms with Crippen molar-refractivity contribution in [2.75, 3.05) is 5.33 Å². The van der Waals surface area contributed by atoms with E-state index in [1.54, 1.807) is 0 Å². The number of halogens is 1. The third kappa shape index (κ3) is 1.34. The zero-order valence-corrected chi connectivity index (χ0v) is 7.91. The summed E-state index contributed by atoms with van der Waals surface area (Å²) in [7, 11) is 0. The number of hydrogen-bond donors (Lipinski definition) is 0. The molecule has 2 bridgehead atoms. The number of fused-ring (bicyclic) bond motifs is 3. The number of nitrogens with zero attached hydrogens (tertiary/aromatic N) is 2. The van der Waals surface area contributed by atoms with E-state index in [0.717, 1.165) is 28.8 Å². The van der Waals surface area contributed by atoms with E-state index in [9.17, 15) is 0 Å². The minimum atomic E-state index is 0.805. The normalized spacial score (nSPS) is 12.8. The van der Waals surface area contributed by atoms with Crippen LogP contribution in [0.3, 0.4) is 0 Å². The molecule has 1 aromatic carbocycles. The lowest BCUT2D eigenvalue weighted by molar-refractivity contribution is 0.313. The van der Waals surface area contributed by atoms with Crippen LogP contribution < -0.4 is 4.84 Å². The van der Waals surface area contributed by atoms with Crippen LogP contribution in [0.5, 0.6) is 5.75 Å². The highest BCUT2D eigenvalue weighted by molar-refractivity contribution is 9.09. The first-order valence-corrected chi connectivity index (χ1v) is 4.79. The molecule has 0 unspecified atom stereocenters. The molecule has 62 valence electrons. The van der Waals surface area contributed by atoms with E-state index in [1.807, 2.05) is 18.2 Å². The number of alkyl halides is 1. The van der Waals surface area contributed by atoms with Crippen LogP contribution in [0.4, 0.5) is 5.69 Å². The van der Waals surface area contributed by atoms with Crippen molar-refractivity contribution in [3.63, 3.8) is 0 Å². The summed E-state index contributed by atoms with van der Waals surface area (Å²) in [5.74, 6) is 0.805. The standard InChI is InChI=1S/C8H7BrN2O/c9-4-3-6-5-7-1-2-8(6)12-11-10-7/h1-2,5H,3-4H2. The third-order valence-corrected chi connectivity index (χ3v) is 2.10. The summed E-state index contributed by atoms with van der Waals surface area (Å²) in [4.78, 5) is 5.04. The van der Waals surface area contributed by atoms with Crippen LogP contribution in [0.1, 0.15) is 5.56 Å². The Bertz CT molecular complexity index is 325. The first-order valence-electron chi connectivity index (χ1n) is 3.67. The molecule has 0 spiro atoms. The lowest BCUT2D eigenvalue weighted by atomic mass is 10.1. The second kappa shape index (κ2) is 3.23. The Labute approximate surface area is 78.5 Å². The maximum atomic E-state index is 5.04. The van der Waals surface area contributed by atoms with Gasteiger partial charge < -0.3 is 4.84 Å². The van der Waals surface area contributed by atoms with Crippen molar-refractivity contribution in [2.24, 2.45) is 10.4 Å². The second-order valence-corrected chi connectivity index (χ2v) is 3.30. The smallest absolute Gasteiger partial charge is 0.163 e. The molecule has 0 fully saturated rings. The van der Waals surface area contributed by atoms with Gasteiger partial charge in [0.15, 0.2) is 5.75 Å². The van der Waals surface area contributed by atoms with Gasteiger partial charge in [-0.3, -0.25) is 0 Å². The van der Waals surface area contributed by atoms with E-state index < -0.39 is 0 Å². The fourth-order valence-corrected chi connectivity index (χ4v) is 1.55. The first kappa shape index (κ1) is 7.73. The number of aryl methyl sites for hydroxylation is 1. The van der Waals surface area contributed by atoms with Gasteiger partial charge in [0.2, 0.25) is 0 Å². The van der Waals surface area contributed by atoms with Crippen molar-refractivity contribution in [2.45, 2.75) is 6.42 Å². The number of rotatable bonds is 2. The van der Waals surface area contributed by atoms with Crippen molar-refractivity contribution < 1.29 is 4.84 Å². The van der Waals surface area contributed by atoms with Crippen LogP contribution in [-0.4, -0.2) is 5.33 Å². The van der Waals surface area contributed by atoms with Crippen LogP contribution in [0.15, 0.2) is 28.6 Å². The topological polar surface area (TPSA) is 34.0 Å². The van der Waals surface area contributed by atoms with Crippen LogP contribution in [-0.2, 0) is 6.42 Å². The van der Waals surface area contributed by atoms with Crippen LogP contribution in [0.25, 0.3) is 0 Å². The van der Waals surface area contributed by atoms with Gasteiger partial charge in [0.25, 0.3) is 0 Å². The summed E-state index contributed by atoms with van der Waals surface area (Å²) in [6, 6.07) is 5.78. The molecule has 2 heterocycles. The molecule has 3 nitrogen and oxygen atoms in total. The lowest BCUT2D eigenvalue weighted by Crippen LogP contribution is -1.89. The predicted molar refractivity (Wildman–Crippen MR) is 49.1 cm³/mol. The summed E-state index contributed by atoms with van der Waals surface area (Å²) in [6.45, 7) is 0. The van der Waals surface area contributed by atoms with Gasteiger partial charge >= 0.3 is 0 Å². The molecule has 2 aliphatic heterocycles. The molecule has 0 aromatic heterocycles. The Morgan fingerprint density at radius 1 is 1.42 bits per heavy atom. The van der Waals surface area contributed by atoms with Crippen LogP contribution >= 0.6 is 15.9 Å². The largest absolute Gasteiger partial charge is 0.339 e. The maximum Gasteiger partial charge on any atom is 0.163 e. The fourth-order valence-electron chi connectivity index (χ4n) is 1.13. The van der Waals surface area contributed by atoms with Gasteiger partial charge in [0, 0.05) is 16.2 Å². The minimum Gasteiger partial charge on any atom is -0.339 e. The van der Waals surface area contributed by atoms with Gasteiger partial charge in [-0.25, -0.2) is 0 Å². The van der Waals surface area contributed by atoms with E-state index in [4.69, 9.17) is 4.84 Å². The van der Waals surface area contributed by atoms with Gasteiger partial charge in [0.1, 0.15) is 0 Å². The molecule has 0 N–H and O–H groups in total. The Hall–Kier alpha value is -0.900. The molecule has 0 radical (unpaired) electrons. The molecule has 12 heavy (non-hydrogen) atoms. The molecule has 3 rings (SSSR count). The van der Waals surface area contributed by atoms with E-state index in [-0.39, 0.29) is 0 Å². The highest BCUT2D eigenvalue weighted by Crippen LogP contribution is 2.28. The lowest BCUT2D eigenvalue weighted by Gasteiger charge is -2.01. The summed E-state index contributed by atoms with van der Waals surface area (Å²) in [6.07, 6.45) is 0.939. The van der Waals surface area contributed by atoms with Crippen molar-refractivity contribution in [3.05, 3.63) is 23.8 Å². The molecular weight excluding hydrogens is 220 g/mol. The summed E-state index contributed by atoms with van der Waals surface area (Å²) >= 11 is 3.38. The van der Waals surface area contributed by atoms with E-state index >= 15 is 0 Å². The highest BCUT2D eigenvalue weighted by atomic mass is 79.9. The van der Waals surface area contributed by atoms with Crippen molar-refractivity contribution in [3.8, 4) is 5.75 Å². The quantitative estimate of drug-likeness (QED) is 0.715. The molecule has 1 aromatic rings. The minimum absolute atomic E-state index is 0.805. The predicted octanol–water partition coefficient (Wildman–Crippen LogP) is 3.02. The summed E-state index contributed by atoms with van der Waals surface area (Å²) < 4.78 is 0. The molecule has 0 amide bonds. The van der Waals surface area contributed by atoms with E-state index in [1.165, 1.54) is 0 Å². The summed E-state index contributed by atoms with van der Waals surface area (Å²) in [5, 5.41) is 8.31. The van der Waals surface area contributed by atoms with Gasteiger partial charge in [-0.05, 0) is 24.6 Å². The summed E-state index contributed by atoms with van der Waals surface area (Å²) in [5.41, 5.74) is 2.00. The molecular formula is C8H7BrN2O. The molecule has 0 aliphatic carbocycles. The van der Waals surface area contributed by atoms with Gasteiger partial charge in [0.05, 0.1) is 5.69 Å². The van der Waals surface area contributed by atoms with Crippen molar-refractivity contribution in [1.29, 1.82) is 0 Å². The first-order chi connectivity index (χ1) is 5.90. The monoisotopic (exact) mass is 226 g/mol. The van der Waals surface area contributed by atoms with Crippen LogP contribution in [0.2, 0.25) is 0 Å². The molecule has 0 saturated heterocycles. The zero-order valence-electron chi connectivity index (χ0n) is 6.33. The van der Waals surface area contributed by atoms with E-state index in [0.29, 0.717) is 0 Å². The second-order valence-electron chi connectivity index (χ2n) is 2.50. The highest BCUT2D eigenvalue weighted by Gasteiger charge is 2.08. The Kier molecular flexibility index (Phi) is 2.08. The maximum absolute atomic E-state index is 5.04. The Morgan fingerprint density at radius 2 is 2.33 bits per heavy atom. The Morgan fingerprint density at radius 3 is 3.17 bits per heavy atom.